The van der Waals surface area contributed by atoms with Crippen LogP contribution < -0.4 is 5.32 Å². The molecule has 1 aromatic carbocycles. The van der Waals surface area contributed by atoms with E-state index in [2.05, 4.69) is 32.9 Å². The van der Waals surface area contributed by atoms with Crippen molar-refractivity contribution < 1.29 is 14.4 Å². The van der Waals surface area contributed by atoms with Crippen LogP contribution in [0.5, 0.6) is 0 Å². The number of nitrogens with one attached hydrogen (secondary N) is 1. The average Bonchev–Trinajstić information content (AvgIpc) is 2.72. The van der Waals surface area contributed by atoms with Gasteiger partial charge in [0.25, 0.3) is 11.8 Å². The zero-order valence-electron chi connectivity index (χ0n) is 14.6. The number of piperazine rings is 1. The number of pyridine rings is 1. The quantitative estimate of drug-likeness (QED) is 0.674. The van der Waals surface area contributed by atoms with Gasteiger partial charge in [-0.05, 0) is 46.9 Å². The van der Waals surface area contributed by atoms with E-state index in [1.54, 1.807) is 46.5 Å². The van der Waals surface area contributed by atoms with Crippen molar-refractivity contribution in [2.24, 2.45) is 0 Å². The van der Waals surface area contributed by atoms with Crippen LogP contribution in [0.15, 0.2) is 48.8 Å². The van der Waals surface area contributed by atoms with Crippen LogP contribution in [-0.2, 0) is 4.79 Å². The van der Waals surface area contributed by atoms with Gasteiger partial charge >= 0.3 is 0 Å². The molecule has 2 heterocycles. The molecule has 1 aliphatic heterocycles. The average molecular weight is 478 g/mol. The minimum atomic E-state index is -0.265. The molecule has 0 bridgehead atoms. The normalized spacial score (nSPS) is 14.0. The molecule has 27 heavy (non-hydrogen) atoms. The lowest BCUT2D eigenvalue weighted by Gasteiger charge is -2.34. The fourth-order valence-corrected chi connectivity index (χ4v) is 3.47. The molecule has 0 aliphatic carbocycles. The topological polar surface area (TPSA) is 82.6 Å². The van der Waals surface area contributed by atoms with Gasteiger partial charge in [0.05, 0.1) is 17.7 Å². The van der Waals surface area contributed by atoms with Crippen LogP contribution in [0.2, 0.25) is 0 Å². The van der Waals surface area contributed by atoms with Crippen molar-refractivity contribution in [2.45, 2.75) is 0 Å². The molecular weight excluding hydrogens is 459 g/mol. The van der Waals surface area contributed by atoms with Gasteiger partial charge in [-0.1, -0.05) is 12.1 Å². The summed E-state index contributed by atoms with van der Waals surface area (Å²) < 4.78 is 0.836. The number of amides is 3. The van der Waals surface area contributed by atoms with Crippen LogP contribution in [-0.4, -0.2) is 65.2 Å². The molecule has 0 atom stereocenters. The monoisotopic (exact) mass is 478 g/mol. The Kier molecular flexibility index (Phi) is 6.38. The zero-order chi connectivity index (χ0) is 19.2. The molecule has 1 saturated heterocycles. The first-order chi connectivity index (χ1) is 13.1. The summed E-state index contributed by atoms with van der Waals surface area (Å²) in [4.78, 5) is 44.3. The Morgan fingerprint density at radius 1 is 1.00 bits per heavy atom. The number of hydrogen-bond acceptors (Lipinski definition) is 4. The third-order valence-electron chi connectivity index (χ3n) is 4.35. The van der Waals surface area contributed by atoms with Gasteiger partial charge in [-0.3, -0.25) is 19.4 Å². The molecule has 3 amide bonds. The maximum atomic E-state index is 12.4. The highest BCUT2D eigenvalue weighted by Crippen LogP contribution is 2.11. The Balaban J connectivity index is 1.48. The lowest BCUT2D eigenvalue weighted by molar-refractivity contribution is -0.131. The molecule has 1 fully saturated rings. The molecule has 1 aliphatic rings. The predicted molar refractivity (Wildman–Crippen MR) is 108 cm³/mol. The molecule has 140 valence electrons. The van der Waals surface area contributed by atoms with E-state index in [1.807, 2.05) is 12.1 Å². The largest absolute Gasteiger partial charge is 0.343 e. The van der Waals surface area contributed by atoms with Gasteiger partial charge in [-0.15, -0.1) is 0 Å². The first kappa shape index (κ1) is 19.3. The van der Waals surface area contributed by atoms with E-state index in [1.165, 1.54) is 0 Å². The van der Waals surface area contributed by atoms with Crippen LogP contribution in [0.3, 0.4) is 0 Å². The summed E-state index contributed by atoms with van der Waals surface area (Å²) in [5, 5.41) is 2.67. The van der Waals surface area contributed by atoms with E-state index in [9.17, 15) is 14.4 Å². The molecule has 3 rings (SSSR count). The molecule has 8 heteroatoms. The first-order valence-electron chi connectivity index (χ1n) is 8.56. The Labute approximate surface area is 170 Å². The summed E-state index contributed by atoms with van der Waals surface area (Å²) in [7, 11) is 0. The minimum absolute atomic E-state index is 0.0552. The molecule has 2 aromatic rings. The summed E-state index contributed by atoms with van der Waals surface area (Å²) in [5.74, 6) is -0.497. The van der Waals surface area contributed by atoms with Crippen molar-refractivity contribution in [3.8, 4) is 0 Å². The van der Waals surface area contributed by atoms with Crippen molar-refractivity contribution in [2.75, 3.05) is 32.7 Å². The van der Waals surface area contributed by atoms with E-state index in [4.69, 9.17) is 0 Å². The Bertz CT molecular complexity index is 836. The molecule has 0 radical (unpaired) electrons. The van der Waals surface area contributed by atoms with Crippen LogP contribution in [0.4, 0.5) is 0 Å². The van der Waals surface area contributed by atoms with E-state index in [0.717, 1.165) is 3.57 Å². The lowest BCUT2D eigenvalue weighted by atomic mass is 10.2. The molecule has 1 N–H and O–H groups in total. The molecular formula is C19H19IN4O3. The summed E-state index contributed by atoms with van der Waals surface area (Å²) in [6.07, 6.45) is 3.17. The zero-order valence-corrected chi connectivity index (χ0v) is 16.8. The van der Waals surface area contributed by atoms with Gasteiger partial charge in [-0.25, -0.2) is 0 Å². The molecule has 0 unspecified atom stereocenters. The van der Waals surface area contributed by atoms with Crippen molar-refractivity contribution in [1.82, 2.24) is 20.1 Å². The second-order valence-corrected chi connectivity index (χ2v) is 7.24. The van der Waals surface area contributed by atoms with E-state index in [0.29, 0.717) is 37.3 Å². The van der Waals surface area contributed by atoms with Crippen molar-refractivity contribution in [3.05, 3.63) is 63.5 Å². The SMILES string of the molecule is O=C(NCC(=O)N1CCN(C(=O)c2cccnc2)CC1)c1ccccc1I. The fraction of sp³-hybridized carbons (Fsp3) is 0.263. The lowest BCUT2D eigenvalue weighted by Crippen LogP contribution is -2.52. The summed E-state index contributed by atoms with van der Waals surface area (Å²) in [5.41, 5.74) is 1.10. The maximum Gasteiger partial charge on any atom is 0.255 e. The molecule has 7 nitrogen and oxygen atoms in total. The Morgan fingerprint density at radius 3 is 2.37 bits per heavy atom. The Hall–Kier alpha value is -2.49. The number of aromatic nitrogens is 1. The predicted octanol–water partition coefficient (Wildman–Crippen LogP) is 1.40. The number of rotatable bonds is 4. The number of hydrogen-bond donors (Lipinski definition) is 1. The highest BCUT2D eigenvalue weighted by atomic mass is 127. The summed E-state index contributed by atoms with van der Waals surface area (Å²) >= 11 is 2.09. The summed E-state index contributed by atoms with van der Waals surface area (Å²) in [6.45, 7) is 1.77. The maximum absolute atomic E-state index is 12.4. The number of halogens is 1. The second-order valence-electron chi connectivity index (χ2n) is 6.08. The minimum Gasteiger partial charge on any atom is -0.343 e. The first-order valence-corrected chi connectivity index (χ1v) is 9.64. The van der Waals surface area contributed by atoms with E-state index in [-0.39, 0.29) is 24.3 Å². The van der Waals surface area contributed by atoms with Crippen molar-refractivity contribution in [3.63, 3.8) is 0 Å². The standard InChI is InChI=1S/C19H19IN4O3/c20-16-6-2-1-5-15(16)18(26)22-13-17(25)23-8-10-24(11-9-23)19(27)14-4-3-7-21-12-14/h1-7,12H,8-11,13H2,(H,22,26). The fourth-order valence-electron chi connectivity index (χ4n) is 2.84. The third-order valence-corrected chi connectivity index (χ3v) is 5.29. The summed E-state index contributed by atoms with van der Waals surface area (Å²) in [6, 6.07) is 10.7. The highest BCUT2D eigenvalue weighted by Gasteiger charge is 2.25. The van der Waals surface area contributed by atoms with Crippen LogP contribution in [0.25, 0.3) is 0 Å². The number of carbonyl (C=O) groups is 3. The smallest absolute Gasteiger partial charge is 0.255 e. The Morgan fingerprint density at radius 2 is 1.70 bits per heavy atom. The van der Waals surface area contributed by atoms with E-state index >= 15 is 0 Å². The van der Waals surface area contributed by atoms with Gasteiger partial charge in [-0.2, -0.15) is 0 Å². The number of nitrogens with zero attached hydrogens (tertiary/aromatic N) is 3. The number of benzene rings is 1. The second kappa shape index (κ2) is 8.94. The van der Waals surface area contributed by atoms with Crippen molar-refractivity contribution in [1.29, 1.82) is 0 Å². The third kappa shape index (κ3) is 4.82. The molecule has 1 aromatic heterocycles. The van der Waals surface area contributed by atoms with Gasteiger partial charge in [0, 0.05) is 42.1 Å². The van der Waals surface area contributed by atoms with Gasteiger partial charge in [0.2, 0.25) is 5.91 Å². The molecule has 0 spiro atoms. The number of carbonyl (C=O) groups excluding carboxylic acids is 3. The van der Waals surface area contributed by atoms with Gasteiger partial charge in [0.1, 0.15) is 0 Å². The van der Waals surface area contributed by atoms with Crippen LogP contribution >= 0.6 is 22.6 Å². The molecule has 0 saturated carbocycles. The highest BCUT2D eigenvalue weighted by molar-refractivity contribution is 14.1. The van der Waals surface area contributed by atoms with Crippen LogP contribution in [0.1, 0.15) is 20.7 Å². The van der Waals surface area contributed by atoms with Crippen molar-refractivity contribution >= 4 is 40.3 Å². The van der Waals surface area contributed by atoms with Gasteiger partial charge in [0.15, 0.2) is 0 Å². The van der Waals surface area contributed by atoms with Gasteiger partial charge < -0.3 is 15.1 Å². The van der Waals surface area contributed by atoms with E-state index < -0.39 is 0 Å². The van der Waals surface area contributed by atoms with Crippen LogP contribution in [0, 0.1) is 3.57 Å².